The number of piperidine rings is 1. The van der Waals surface area contributed by atoms with Crippen molar-refractivity contribution in [3.63, 3.8) is 0 Å². The van der Waals surface area contributed by atoms with Crippen LogP contribution >= 0.6 is 11.6 Å². The van der Waals surface area contributed by atoms with E-state index in [1.165, 1.54) is 11.1 Å². The fourth-order valence-electron chi connectivity index (χ4n) is 9.37. The zero-order valence-corrected chi connectivity index (χ0v) is 30.6. The van der Waals surface area contributed by atoms with Gasteiger partial charge in [0.05, 0.1) is 29.6 Å². The Morgan fingerprint density at radius 2 is 1.86 bits per heavy atom. The number of rotatable bonds is 2. The van der Waals surface area contributed by atoms with Crippen LogP contribution in [0, 0.1) is 17.8 Å². The molecule has 10 heteroatoms. The maximum atomic E-state index is 13.7. The number of amides is 2. The van der Waals surface area contributed by atoms with Gasteiger partial charge in [-0.1, -0.05) is 31.0 Å². The van der Waals surface area contributed by atoms with E-state index >= 15 is 0 Å². The number of benzene rings is 2. The van der Waals surface area contributed by atoms with Gasteiger partial charge >= 0.3 is 0 Å². The van der Waals surface area contributed by atoms with Gasteiger partial charge in [0.25, 0.3) is 5.91 Å². The first-order chi connectivity index (χ1) is 23.5. The average molecular weight is 710 g/mol. The number of halogens is 1. The second-order valence-electron chi connectivity index (χ2n) is 15.8. The highest BCUT2D eigenvalue weighted by Crippen LogP contribution is 2.50. The molecule has 1 saturated carbocycles. The topological polar surface area (TPSA) is 99.2 Å². The zero-order valence-electron chi connectivity index (χ0n) is 29.1. The van der Waals surface area contributed by atoms with Crippen molar-refractivity contribution in [2.45, 2.75) is 107 Å². The lowest BCUT2D eigenvalue weighted by Gasteiger charge is -2.50. The van der Waals surface area contributed by atoms with Crippen LogP contribution in [0.25, 0.3) is 0 Å². The first-order valence-electron chi connectivity index (χ1n) is 18.6. The molecule has 0 radical (unpaired) electrons. The van der Waals surface area contributed by atoms with E-state index in [2.05, 4.69) is 28.7 Å². The highest BCUT2D eigenvalue weighted by Gasteiger charge is 2.50. The molecule has 3 heterocycles. The van der Waals surface area contributed by atoms with Crippen molar-refractivity contribution in [1.82, 2.24) is 9.62 Å². The van der Waals surface area contributed by atoms with E-state index in [0.717, 1.165) is 93.8 Å². The fourth-order valence-corrected chi connectivity index (χ4v) is 10.6. The number of nitrogens with zero attached hydrogens (tertiary/aromatic N) is 2. The molecular formula is C39H52ClN3O5S. The van der Waals surface area contributed by atoms with Gasteiger partial charge in [-0.3, -0.25) is 14.3 Å². The largest absolute Gasteiger partial charge is 0.490 e. The Bertz CT molecular complexity index is 1600. The lowest BCUT2D eigenvalue weighted by atomic mass is 9.61. The monoisotopic (exact) mass is 709 g/mol. The number of carbonyl (C=O) groups excluding carboxylic acids is 2. The Labute approximate surface area is 298 Å². The summed E-state index contributed by atoms with van der Waals surface area (Å²) < 4.78 is 22.8. The van der Waals surface area contributed by atoms with Crippen LogP contribution in [0.2, 0.25) is 5.02 Å². The molecule has 0 aromatic heterocycles. The molecule has 8 nitrogen and oxygen atoms in total. The predicted molar refractivity (Wildman–Crippen MR) is 195 cm³/mol. The fraction of sp³-hybridized carbons (Fsp3) is 0.641. The summed E-state index contributed by atoms with van der Waals surface area (Å²) in [4.78, 5) is 31.6. The molecule has 2 aliphatic carbocycles. The summed E-state index contributed by atoms with van der Waals surface area (Å²) in [5, 5.41) is 13.1. The molecule has 2 aromatic carbocycles. The summed E-state index contributed by atoms with van der Waals surface area (Å²) in [5.74, 6) is 0.685. The van der Waals surface area contributed by atoms with Crippen LogP contribution in [-0.4, -0.2) is 69.7 Å². The van der Waals surface area contributed by atoms with Gasteiger partial charge in [-0.25, -0.2) is 4.21 Å². The predicted octanol–water partition coefficient (Wildman–Crippen LogP) is 6.58. The summed E-state index contributed by atoms with van der Waals surface area (Å²) in [6.45, 7) is 7.43. The van der Waals surface area contributed by atoms with E-state index in [1.54, 1.807) is 6.07 Å². The number of aliphatic hydroxyl groups is 1. The molecule has 266 valence electrons. The molecule has 2 N–H and O–H groups in total. The van der Waals surface area contributed by atoms with E-state index in [-0.39, 0.29) is 46.7 Å². The third-order valence-corrected chi connectivity index (χ3v) is 14.4. The van der Waals surface area contributed by atoms with Crippen molar-refractivity contribution < 1.29 is 23.6 Å². The van der Waals surface area contributed by atoms with Crippen LogP contribution in [-0.2, 0) is 27.6 Å². The SMILES string of the molecule is CC1CCC[C@](O)(CC(=O)N2CCCCC2)C2CCC2CN2C[C@@]3(CCCc4cc(Cl)ccc43)COc3ccc(cc32)C(=O)NS(=O)C1C. The Hall–Kier alpha value is -2.62. The summed E-state index contributed by atoms with van der Waals surface area (Å²) in [6.07, 6.45) is 10.2. The molecular weight excluding hydrogens is 658 g/mol. The van der Waals surface area contributed by atoms with Crippen molar-refractivity contribution in [3.8, 4) is 5.75 Å². The van der Waals surface area contributed by atoms with Gasteiger partial charge in [0, 0.05) is 42.2 Å². The number of anilines is 1. The lowest BCUT2D eigenvalue weighted by molar-refractivity contribution is -0.146. The summed E-state index contributed by atoms with van der Waals surface area (Å²) >= 11 is 6.47. The number of likely N-dealkylation sites (tertiary alicyclic amines) is 1. The van der Waals surface area contributed by atoms with Gasteiger partial charge in [0.2, 0.25) is 5.91 Å². The maximum Gasteiger partial charge on any atom is 0.263 e. The van der Waals surface area contributed by atoms with Crippen LogP contribution in [0.5, 0.6) is 5.75 Å². The third kappa shape index (κ3) is 7.01. The Balaban J connectivity index is 1.26. The molecule has 49 heavy (non-hydrogen) atoms. The van der Waals surface area contributed by atoms with Crippen LogP contribution in [0.3, 0.4) is 0 Å². The number of nitrogens with one attached hydrogen (secondary N) is 1. The van der Waals surface area contributed by atoms with Gasteiger partial charge in [-0.05, 0) is 130 Å². The standard InChI is InChI=1S/C39H52ClN3O5S/c1-26-8-6-17-39(46,22-36(44)42-18-4-3-5-19-42)33-13-10-30(33)23-43-24-38(16-7-9-28-20-31(40)12-14-32(28)38)25-48-35-15-11-29(21-34(35)43)37(45)41-49(47)27(26)2/h11-12,14-15,20-21,26-27,30,33,46H,3-10,13,16-19,22-25H2,1-2H3,(H,41,45)/t26?,27?,30?,33?,38-,39-,49?/m0/s1. The minimum atomic E-state index is -1.58. The van der Waals surface area contributed by atoms with Crippen LogP contribution in [0.4, 0.5) is 5.69 Å². The molecule has 7 atom stereocenters. The van der Waals surface area contributed by atoms with Gasteiger partial charge in [-0.2, -0.15) is 0 Å². The summed E-state index contributed by atoms with van der Waals surface area (Å²) in [6, 6.07) is 11.8. The number of fused-ring (bicyclic) bond motifs is 4. The molecule has 5 unspecified atom stereocenters. The van der Waals surface area contributed by atoms with Gasteiger partial charge in [0.15, 0.2) is 0 Å². The van der Waals surface area contributed by atoms with Crippen molar-refractivity contribution in [2.24, 2.45) is 17.8 Å². The van der Waals surface area contributed by atoms with Crippen LogP contribution in [0.15, 0.2) is 36.4 Å². The summed E-state index contributed by atoms with van der Waals surface area (Å²) in [5.41, 5.74) is 2.46. The Morgan fingerprint density at radius 3 is 2.63 bits per heavy atom. The van der Waals surface area contributed by atoms with E-state index in [0.29, 0.717) is 31.7 Å². The van der Waals surface area contributed by atoms with Gasteiger partial charge in [0.1, 0.15) is 16.7 Å². The van der Waals surface area contributed by atoms with Crippen molar-refractivity contribution in [2.75, 3.05) is 37.7 Å². The van der Waals surface area contributed by atoms with Gasteiger partial charge < -0.3 is 19.6 Å². The number of carbonyl (C=O) groups is 2. The first kappa shape index (κ1) is 34.8. The molecule has 2 aromatic rings. The molecule has 2 fully saturated rings. The van der Waals surface area contributed by atoms with E-state index in [4.69, 9.17) is 16.3 Å². The van der Waals surface area contributed by atoms with E-state index < -0.39 is 16.6 Å². The zero-order chi connectivity index (χ0) is 34.3. The number of hydrogen-bond donors (Lipinski definition) is 2. The minimum absolute atomic E-state index is 0.0106. The molecule has 2 bridgehead atoms. The lowest BCUT2D eigenvalue weighted by Crippen LogP contribution is -2.54. The Morgan fingerprint density at radius 1 is 1.04 bits per heavy atom. The molecule has 1 spiro atoms. The second kappa shape index (κ2) is 14.2. The molecule has 1 saturated heterocycles. The van der Waals surface area contributed by atoms with Crippen molar-refractivity contribution >= 4 is 40.1 Å². The van der Waals surface area contributed by atoms with E-state index in [1.807, 2.05) is 30.0 Å². The maximum absolute atomic E-state index is 13.7. The number of hydrogen-bond acceptors (Lipinski definition) is 6. The third-order valence-electron chi connectivity index (χ3n) is 12.6. The quantitative estimate of drug-likeness (QED) is 0.366. The average Bonchev–Trinajstić information content (AvgIpc) is 3.22. The number of ether oxygens (including phenoxy) is 1. The highest BCUT2D eigenvalue weighted by molar-refractivity contribution is 7.84. The minimum Gasteiger partial charge on any atom is -0.490 e. The first-order valence-corrected chi connectivity index (χ1v) is 20.2. The molecule has 2 amide bonds. The van der Waals surface area contributed by atoms with Crippen molar-refractivity contribution in [1.29, 1.82) is 0 Å². The normalized spacial score (nSPS) is 33.7. The van der Waals surface area contributed by atoms with Crippen LogP contribution < -0.4 is 14.4 Å². The van der Waals surface area contributed by atoms with Crippen LogP contribution in [0.1, 0.15) is 106 Å². The Kier molecular flexibility index (Phi) is 10.1. The molecule has 5 aliphatic rings. The van der Waals surface area contributed by atoms with E-state index in [9.17, 15) is 18.9 Å². The molecule has 3 aliphatic heterocycles. The highest BCUT2D eigenvalue weighted by atomic mass is 35.5. The molecule has 7 rings (SSSR count). The summed E-state index contributed by atoms with van der Waals surface area (Å²) in [7, 11) is -1.58. The number of aryl methyl sites for hydroxylation is 1. The van der Waals surface area contributed by atoms with Gasteiger partial charge in [-0.15, -0.1) is 0 Å². The second-order valence-corrected chi connectivity index (χ2v) is 17.7. The smallest absolute Gasteiger partial charge is 0.263 e. The van der Waals surface area contributed by atoms with Crippen molar-refractivity contribution in [3.05, 3.63) is 58.1 Å².